The van der Waals surface area contributed by atoms with Gasteiger partial charge in [0.15, 0.2) is 5.43 Å². The van der Waals surface area contributed by atoms with E-state index in [1.165, 1.54) is 12.1 Å². The average Bonchev–Trinajstić information content (AvgIpc) is 2.57. The molecule has 0 spiro atoms. The van der Waals surface area contributed by atoms with Gasteiger partial charge in [0, 0.05) is 28.9 Å². The highest BCUT2D eigenvalue weighted by Crippen LogP contribution is 2.30. The molecule has 150 valence electrons. The smallest absolute Gasteiger partial charge is 0.197 e. The SMILES string of the molecule is CC(C)Nc1cc2c(cc1F)c(=O)c1cc(F)c(NC(C)C)cc1n2C(C)C. The molecule has 6 heteroatoms. The van der Waals surface area contributed by atoms with Gasteiger partial charge >= 0.3 is 0 Å². The standard InChI is InChI=1S/C22H27F2N3O/c1-11(2)25-18-9-20-14(7-16(18)23)22(28)15-8-17(24)19(26-12(3)4)10-21(15)27(20)13(5)6/h7-13,25-26H,1-6H3. The van der Waals surface area contributed by atoms with Crippen LogP contribution in [0.2, 0.25) is 0 Å². The van der Waals surface area contributed by atoms with Crippen molar-refractivity contribution < 1.29 is 8.78 Å². The number of rotatable bonds is 5. The fraction of sp³-hybridized carbons (Fsp3) is 0.409. The lowest BCUT2D eigenvalue weighted by Gasteiger charge is -2.22. The molecule has 0 aliphatic rings. The van der Waals surface area contributed by atoms with Crippen LogP contribution in [-0.4, -0.2) is 16.7 Å². The number of fused-ring (bicyclic) bond motifs is 2. The van der Waals surface area contributed by atoms with Crippen LogP contribution in [0.25, 0.3) is 21.8 Å². The normalized spacial score (nSPS) is 12.0. The van der Waals surface area contributed by atoms with E-state index in [2.05, 4.69) is 10.6 Å². The van der Waals surface area contributed by atoms with Gasteiger partial charge in [-0.2, -0.15) is 0 Å². The summed E-state index contributed by atoms with van der Waals surface area (Å²) in [6.45, 7) is 11.7. The van der Waals surface area contributed by atoms with Crippen molar-refractivity contribution in [1.29, 1.82) is 0 Å². The summed E-state index contributed by atoms with van der Waals surface area (Å²) in [4.78, 5) is 13.0. The van der Waals surface area contributed by atoms with Gasteiger partial charge in [0.25, 0.3) is 0 Å². The third-order valence-electron chi connectivity index (χ3n) is 4.58. The molecule has 0 amide bonds. The van der Waals surface area contributed by atoms with Crippen LogP contribution in [-0.2, 0) is 0 Å². The van der Waals surface area contributed by atoms with Crippen LogP contribution in [0.15, 0.2) is 29.1 Å². The lowest BCUT2D eigenvalue weighted by molar-refractivity contribution is 0.621. The van der Waals surface area contributed by atoms with Crippen molar-refractivity contribution in [2.24, 2.45) is 0 Å². The Bertz CT molecular complexity index is 1020. The van der Waals surface area contributed by atoms with Gasteiger partial charge < -0.3 is 15.2 Å². The molecule has 3 rings (SSSR count). The van der Waals surface area contributed by atoms with Gasteiger partial charge in [-0.05, 0) is 65.8 Å². The number of nitrogens with zero attached hydrogens (tertiary/aromatic N) is 1. The van der Waals surface area contributed by atoms with Crippen molar-refractivity contribution >= 4 is 33.2 Å². The topological polar surface area (TPSA) is 46.1 Å². The van der Waals surface area contributed by atoms with E-state index in [-0.39, 0.29) is 34.3 Å². The van der Waals surface area contributed by atoms with Crippen molar-refractivity contribution in [3.05, 3.63) is 46.1 Å². The van der Waals surface area contributed by atoms with E-state index in [4.69, 9.17) is 0 Å². The summed E-state index contributed by atoms with van der Waals surface area (Å²) in [6.07, 6.45) is 0. The zero-order chi connectivity index (χ0) is 20.7. The number of aromatic nitrogens is 1. The molecule has 0 radical (unpaired) electrons. The monoisotopic (exact) mass is 387 g/mol. The van der Waals surface area contributed by atoms with Crippen molar-refractivity contribution in [3.8, 4) is 0 Å². The molecule has 1 heterocycles. The predicted octanol–water partition coefficient (Wildman–Crippen LogP) is 5.65. The van der Waals surface area contributed by atoms with Crippen molar-refractivity contribution in [3.63, 3.8) is 0 Å². The second kappa shape index (κ2) is 7.41. The highest BCUT2D eigenvalue weighted by Gasteiger charge is 2.18. The summed E-state index contributed by atoms with van der Waals surface area (Å²) >= 11 is 0. The van der Waals surface area contributed by atoms with E-state index in [1.807, 2.05) is 46.1 Å². The first-order valence-electron chi connectivity index (χ1n) is 9.64. The maximum absolute atomic E-state index is 14.6. The van der Waals surface area contributed by atoms with E-state index < -0.39 is 11.6 Å². The molecule has 0 aliphatic carbocycles. The van der Waals surface area contributed by atoms with Crippen LogP contribution >= 0.6 is 0 Å². The van der Waals surface area contributed by atoms with Crippen molar-refractivity contribution in [2.45, 2.75) is 59.7 Å². The summed E-state index contributed by atoms with van der Waals surface area (Å²) in [7, 11) is 0. The molecule has 28 heavy (non-hydrogen) atoms. The summed E-state index contributed by atoms with van der Waals surface area (Å²) in [6, 6.07) is 5.91. The lowest BCUT2D eigenvalue weighted by atomic mass is 10.1. The Hall–Kier alpha value is -2.63. The number of nitrogens with one attached hydrogen (secondary N) is 2. The molecule has 0 fully saturated rings. The molecule has 4 nitrogen and oxygen atoms in total. The van der Waals surface area contributed by atoms with Gasteiger partial charge in [0.2, 0.25) is 0 Å². The number of anilines is 2. The minimum absolute atomic E-state index is 0.0136. The van der Waals surface area contributed by atoms with Crippen LogP contribution in [0, 0.1) is 11.6 Å². The van der Waals surface area contributed by atoms with Crippen molar-refractivity contribution in [1.82, 2.24) is 4.57 Å². The van der Waals surface area contributed by atoms with Crippen LogP contribution < -0.4 is 16.1 Å². The van der Waals surface area contributed by atoms with E-state index in [0.717, 1.165) is 0 Å². The number of hydrogen-bond donors (Lipinski definition) is 2. The molecular formula is C22H27F2N3O. The molecule has 0 bridgehead atoms. The Kier molecular flexibility index (Phi) is 5.33. The molecule has 0 saturated heterocycles. The van der Waals surface area contributed by atoms with E-state index in [1.54, 1.807) is 12.1 Å². The molecule has 1 aromatic heterocycles. The number of hydrogen-bond acceptors (Lipinski definition) is 3. The summed E-state index contributed by atoms with van der Waals surface area (Å²) in [5.41, 5.74) is 1.57. The highest BCUT2D eigenvalue weighted by atomic mass is 19.1. The summed E-state index contributed by atoms with van der Waals surface area (Å²) in [5.74, 6) is -0.988. The quantitative estimate of drug-likeness (QED) is 0.556. The van der Waals surface area contributed by atoms with Gasteiger partial charge in [-0.25, -0.2) is 8.78 Å². The number of pyridine rings is 1. The molecule has 0 saturated carbocycles. The average molecular weight is 387 g/mol. The van der Waals surface area contributed by atoms with Gasteiger partial charge in [0.05, 0.1) is 22.4 Å². The largest absolute Gasteiger partial charge is 0.380 e. The molecule has 2 N–H and O–H groups in total. The molecule has 3 aromatic rings. The highest BCUT2D eigenvalue weighted by molar-refractivity contribution is 5.96. The van der Waals surface area contributed by atoms with Gasteiger partial charge in [-0.15, -0.1) is 0 Å². The van der Waals surface area contributed by atoms with Gasteiger partial charge in [-0.3, -0.25) is 4.79 Å². The van der Waals surface area contributed by atoms with Crippen LogP contribution in [0.5, 0.6) is 0 Å². The number of halogens is 2. The second-order valence-electron chi connectivity index (χ2n) is 8.09. The zero-order valence-corrected chi connectivity index (χ0v) is 17.2. The van der Waals surface area contributed by atoms with Crippen LogP contribution in [0.1, 0.15) is 47.6 Å². The first-order chi connectivity index (χ1) is 13.1. The minimum Gasteiger partial charge on any atom is -0.380 e. The summed E-state index contributed by atoms with van der Waals surface area (Å²) in [5, 5.41) is 6.66. The van der Waals surface area contributed by atoms with Crippen LogP contribution in [0.4, 0.5) is 20.2 Å². The Balaban J connectivity index is 2.45. The van der Waals surface area contributed by atoms with E-state index in [9.17, 15) is 13.6 Å². The fourth-order valence-corrected chi connectivity index (χ4v) is 3.56. The number of benzene rings is 2. The molecule has 2 aromatic carbocycles. The Labute approximate surface area is 163 Å². The first-order valence-corrected chi connectivity index (χ1v) is 9.64. The molecule has 0 atom stereocenters. The van der Waals surface area contributed by atoms with E-state index >= 15 is 0 Å². The van der Waals surface area contributed by atoms with Crippen LogP contribution in [0.3, 0.4) is 0 Å². The Morgan fingerprint density at radius 1 is 0.750 bits per heavy atom. The molecule has 0 unspecified atom stereocenters. The molecule has 0 aliphatic heterocycles. The predicted molar refractivity (Wildman–Crippen MR) is 114 cm³/mol. The Morgan fingerprint density at radius 2 is 1.14 bits per heavy atom. The maximum atomic E-state index is 14.6. The zero-order valence-electron chi connectivity index (χ0n) is 17.2. The van der Waals surface area contributed by atoms with Crippen molar-refractivity contribution in [2.75, 3.05) is 10.6 Å². The third-order valence-corrected chi connectivity index (χ3v) is 4.58. The second-order valence-corrected chi connectivity index (χ2v) is 8.09. The first kappa shape index (κ1) is 20.1. The van der Waals surface area contributed by atoms with E-state index in [0.29, 0.717) is 22.4 Å². The van der Waals surface area contributed by atoms with Gasteiger partial charge in [-0.1, -0.05) is 0 Å². The third kappa shape index (κ3) is 3.55. The Morgan fingerprint density at radius 3 is 1.46 bits per heavy atom. The minimum atomic E-state index is -0.494. The lowest BCUT2D eigenvalue weighted by Crippen LogP contribution is -2.17. The summed E-state index contributed by atoms with van der Waals surface area (Å²) < 4.78 is 31.1. The maximum Gasteiger partial charge on any atom is 0.197 e. The molecular weight excluding hydrogens is 360 g/mol. The van der Waals surface area contributed by atoms with Gasteiger partial charge in [0.1, 0.15) is 11.6 Å². The fourth-order valence-electron chi connectivity index (χ4n) is 3.56.